The maximum absolute atomic E-state index is 4.46. The summed E-state index contributed by atoms with van der Waals surface area (Å²) in [6.45, 7) is 2.11. The third kappa shape index (κ3) is 2.29. The average molecular weight is 289 g/mol. The van der Waals surface area contributed by atoms with E-state index in [2.05, 4.69) is 42.5 Å². The number of rotatable bonds is 5. The Hall–Kier alpha value is -2.22. The smallest absolute Gasteiger partial charge is 0.226 e. The standard InChI is InChI=1S/C12H15N7S/c1-3-7(11-14-4-5-20-11)17-10-8-9(16-6-15-8)18-12(13-2)19-10/h4-7H,3H2,1-2H3,(H3,13,15,16,17,18,19). The molecule has 20 heavy (non-hydrogen) atoms. The highest BCUT2D eigenvalue weighted by molar-refractivity contribution is 7.09. The number of H-pyrrole nitrogens is 1. The summed E-state index contributed by atoms with van der Waals surface area (Å²) in [5.74, 6) is 1.28. The fourth-order valence-corrected chi connectivity index (χ4v) is 2.73. The molecular formula is C12H15N7S. The number of anilines is 2. The SMILES string of the molecule is CCC(Nc1nc(NC)nc2nc[nH]c12)c1nccs1. The number of nitrogens with zero attached hydrogens (tertiary/aromatic N) is 4. The molecule has 0 aliphatic rings. The van der Waals surface area contributed by atoms with Crippen molar-refractivity contribution in [3.05, 3.63) is 22.9 Å². The molecule has 8 heteroatoms. The number of hydrogen-bond donors (Lipinski definition) is 3. The van der Waals surface area contributed by atoms with Crippen LogP contribution >= 0.6 is 11.3 Å². The maximum atomic E-state index is 4.46. The van der Waals surface area contributed by atoms with Crippen LogP contribution in [0.3, 0.4) is 0 Å². The van der Waals surface area contributed by atoms with E-state index < -0.39 is 0 Å². The molecule has 0 bridgehead atoms. The van der Waals surface area contributed by atoms with E-state index >= 15 is 0 Å². The lowest BCUT2D eigenvalue weighted by molar-refractivity contribution is 0.738. The summed E-state index contributed by atoms with van der Waals surface area (Å²) in [7, 11) is 1.79. The number of imidazole rings is 1. The van der Waals surface area contributed by atoms with Crippen LogP contribution in [-0.2, 0) is 0 Å². The minimum atomic E-state index is 0.126. The van der Waals surface area contributed by atoms with Gasteiger partial charge in [0.15, 0.2) is 11.5 Å². The summed E-state index contributed by atoms with van der Waals surface area (Å²) >= 11 is 1.63. The normalized spacial score (nSPS) is 12.5. The molecule has 3 N–H and O–H groups in total. The highest BCUT2D eigenvalue weighted by Crippen LogP contribution is 2.26. The van der Waals surface area contributed by atoms with Crippen LogP contribution in [0.4, 0.5) is 11.8 Å². The van der Waals surface area contributed by atoms with Crippen LogP contribution in [0.15, 0.2) is 17.9 Å². The number of aromatic amines is 1. The Morgan fingerprint density at radius 3 is 2.95 bits per heavy atom. The van der Waals surface area contributed by atoms with Crippen LogP contribution in [0.1, 0.15) is 24.4 Å². The van der Waals surface area contributed by atoms with Crippen molar-refractivity contribution >= 4 is 34.3 Å². The fraction of sp³-hybridized carbons (Fsp3) is 0.333. The van der Waals surface area contributed by atoms with Crippen LogP contribution in [0.2, 0.25) is 0 Å². The third-order valence-corrected chi connectivity index (χ3v) is 3.87. The highest BCUT2D eigenvalue weighted by atomic mass is 32.1. The van der Waals surface area contributed by atoms with E-state index in [1.54, 1.807) is 24.7 Å². The molecule has 1 atom stereocenters. The van der Waals surface area contributed by atoms with Crippen LogP contribution in [-0.4, -0.2) is 32.0 Å². The molecule has 3 rings (SSSR count). The van der Waals surface area contributed by atoms with Gasteiger partial charge in [0.2, 0.25) is 5.95 Å². The maximum Gasteiger partial charge on any atom is 0.226 e. The van der Waals surface area contributed by atoms with E-state index in [4.69, 9.17) is 0 Å². The van der Waals surface area contributed by atoms with Crippen LogP contribution in [0, 0.1) is 0 Å². The van der Waals surface area contributed by atoms with Gasteiger partial charge in [-0.2, -0.15) is 9.97 Å². The number of fused-ring (bicyclic) bond motifs is 1. The summed E-state index contributed by atoms with van der Waals surface area (Å²) in [5.41, 5.74) is 1.44. The summed E-state index contributed by atoms with van der Waals surface area (Å²) in [6.07, 6.45) is 4.35. The number of aromatic nitrogens is 5. The summed E-state index contributed by atoms with van der Waals surface area (Å²) in [5, 5.41) is 9.39. The molecule has 104 valence electrons. The van der Waals surface area contributed by atoms with Gasteiger partial charge in [-0.1, -0.05) is 6.92 Å². The predicted octanol–water partition coefficient (Wildman–Crippen LogP) is 2.41. The quantitative estimate of drug-likeness (QED) is 0.668. The van der Waals surface area contributed by atoms with Gasteiger partial charge in [0.05, 0.1) is 12.4 Å². The van der Waals surface area contributed by atoms with Crippen LogP contribution < -0.4 is 10.6 Å². The summed E-state index contributed by atoms with van der Waals surface area (Å²) < 4.78 is 0. The zero-order valence-corrected chi connectivity index (χ0v) is 12.0. The van der Waals surface area contributed by atoms with E-state index in [0.29, 0.717) is 11.6 Å². The van der Waals surface area contributed by atoms with Gasteiger partial charge in [0.25, 0.3) is 0 Å². The summed E-state index contributed by atoms with van der Waals surface area (Å²) in [6, 6.07) is 0.126. The Labute approximate surface area is 119 Å². The Morgan fingerprint density at radius 2 is 2.25 bits per heavy atom. The molecule has 3 heterocycles. The molecular weight excluding hydrogens is 274 g/mol. The van der Waals surface area contributed by atoms with E-state index in [9.17, 15) is 0 Å². The van der Waals surface area contributed by atoms with Crippen molar-refractivity contribution in [2.24, 2.45) is 0 Å². The molecule has 3 aromatic rings. The second kappa shape index (κ2) is 5.41. The lowest BCUT2D eigenvalue weighted by Gasteiger charge is -2.15. The van der Waals surface area contributed by atoms with Gasteiger partial charge in [0, 0.05) is 18.6 Å². The molecule has 0 aromatic carbocycles. The van der Waals surface area contributed by atoms with Gasteiger partial charge in [-0.25, -0.2) is 9.97 Å². The molecule has 7 nitrogen and oxygen atoms in total. The van der Waals surface area contributed by atoms with Gasteiger partial charge in [0.1, 0.15) is 10.5 Å². The monoisotopic (exact) mass is 289 g/mol. The van der Waals surface area contributed by atoms with E-state index in [0.717, 1.165) is 22.8 Å². The van der Waals surface area contributed by atoms with Crippen molar-refractivity contribution in [2.45, 2.75) is 19.4 Å². The molecule has 0 aliphatic carbocycles. The number of nitrogens with one attached hydrogen (secondary N) is 3. The zero-order chi connectivity index (χ0) is 13.9. The minimum Gasteiger partial charge on any atom is -0.359 e. The van der Waals surface area contributed by atoms with Gasteiger partial charge < -0.3 is 15.6 Å². The Balaban J connectivity index is 1.98. The highest BCUT2D eigenvalue weighted by Gasteiger charge is 2.16. The molecule has 0 spiro atoms. The first-order valence-electron chi connectivity index (χ1n) is 6.36. The van der Waals surface area contributed by atoms with E-state index in [1.165, 1.54) is 0 Å². The zero-order valence-electron chi connectivity index (χ0n) is 11.2. The van der Waals surface area contributed by atoms with Crippen molar-refractivity contribution in [3.8, 4) is 0 Å². The largest absolute Gasteiger partial charge is 0.359 e. The molecule has 0 amide bonds. The molecule has 0 saturated heterocycles. The molecule has 0 saturated carbocycles. The van der Waals surface area contributed by atoms with Gasteiger partial charge in [-0.3, -0.25) is 0 Å². The predicted molar refractivity (Wildman–Crippen MR) is 80.0 cm³/mol. The molecule has 0 aliphatic heterocycles. The van der Waals surface area contributed by atoms with Crippen molar-refractivity contribution in [1.29, 1.82) is 0 Å². The Morgan fingerprint density at radius 1 is 1.35 bits per heavy atom. The van der Waals surface area contributed by atoms with Crippen LogP contribution in [0.25, 0.3) is 11.2 Å². The first kappa shape index (κ1) is 12.8. The lowest BCUT2D eigenvalue weighted by Crippen LogP contribution is -2.12. The Kier molecular flexibility index (Phi) is 3.46. The minimum absolute atomic E-state index is 0.126. The van der Waals surface area contributed by atoms with Gasteiger partial charge in [-0.05, 0) is 6.42 Å². The topological polar surface area (TPSA) is 91.4 Å². The average Bonchev–Trinajstić information content (AvgIpc) is 3.14. The second-order valence-corrected chi connectivity index (χ2v) is 5.15. The van der Waals surface area contributed by atoms with E-state index in [1.807, 2.05) is 11.6 Å². The fourth-order valence-electron chi connectivity index (χ4n) is 1.96. The van der Waals surface area contributed by atoms with E-state index in [-0.39, 0.29) is 6.04 Å². The Bertz CT molecular complexity index is 691. The molecule has 0 fully saturated rings. The van der Waals surface area contributed by atoms with Crippen molar-refractivity contribution in [1.82, 2.24) is 24.9 Å². The molecule has 0 radical (unpaired) electrons. The third-order valence-electron chi connectivity index (χ3n) is 2.98. The number of thiazole rings is 1. The van der Waals surface area contributed by atoms with Gasteiger partial charge >= 0.3 is 0 Å². The first-order valence-corrected chi connectivity index (χ1v) is 7.24. The van der Waals surface area contributed by atoms with Gasteiger partial charge in [-0.15, -0.1) is 11.3 Å². The second-order valence-electron chi connectivity index (χ2n) is 4.22. The molecule has 1 unspecified atom stereocenters. The van der Waals surface area contributed by atoms with Crippen molar-refractivity contribution < 1.29 is 0 Å². The summed E-state index contributed by atoms with van der Waals surface area (Å²) in [4.78, 5) is 20.4. The lowest BCUT2D eigenvalue weighted by atomic mass is 10.2. The van der Waals surface area contributed by atoms with Crippen molar-refractivity contribution in [2.75, 3.05) is 17.7 Å². The first-order chi connectivity index (χ1) is 9.81. The molecule has 3 aromatic heterocycles. The van der Waals surface area contributed by atoms with Crippen molar-refractivity contribution in [3.63, 3.8) is 0 Å². The number of hydrogen-bond acceptors (Lipinski definition) is 7. The van der Waals surface area contributed by atoms with Crippen LogP contribution in [0.5, 0.6) is 0 Å².